The molecule has 7 heteroatoms. The normalized spacial score (nSPS) is 14.5. The largest absolute Gasteiger partial charge is 0.493 e. The first-order valence-corrected chi connectivity index (χ1v) is 10.4. The number of hydrogen-bond acceptors (Lipinski definition) is 6. The third-order valence-electron chi connectivity index (χ3n) is 5.48. The smallest absolute Gasteiger partial charge is 0.228 e. The monoisotopic (exact) mass is 421 g/mol. The number of ether oxygens (including phenoxy) is 2. The molecule has 2 aromatic carbocycles. The highest BCUT2D eigenvalue weighted by Gasteiger charge is 2.22. The summed E-state index contributed by atoms with van der Waals surface area (Å²) in [5.74, 6) is 2.09. The van der Waals surface area contributed by atoms with Crippen LogP contribution in [0.1, 0.15) is 11.3 Å². The van der Waals surface area contributed by atoms with Crippen molar-refractivity contribution in [2.45, 2.75) is 13.0 Å². The van der Waals surface area contributed by atoms with Crippen molar-refractivity contribution in [3.63, 3.8) is 0 Å². The van der Waals surface area contributed by atoms with E-state index in [-0.39, 0.29) is 12.3 Å². The van der Waals surface area contributed by atoms with Crippen LogP contribution < -0.4 is 9.47 Å². The molecule has 1 aliphatic rings. The molecule has 3 aromatic rings. The summed E-state index contributed by atoms with van der Waals surface area (Å²) in [6, 6.07) is 15.7. The lowest BCUT2D eigenvalue weighted by atomic mass is 10.1. The standard InChI is InChI=1S/C24H27N3O4/c1-29-21-9-8-18(14-22(21)30-2)16-26-10-12-27(13-11-26)23(28)15-20-17-31-24(25-20)19-6-4-3-5-7-19/h3-9,14,17H,10-13,15-16H2,1-2H3. The lowest BCUT2D eigenvalue weighted by molar-refractivity contribution is -0.132. The summed E-state index contributed by atoms with van der Waals surface area (Å²) in [6.07, 6.45) is 1.83. The van der Waals surface area contributed by atoms with Gasteiger partial charge in [0.05, 0.1) is 26.3 Å². The molecule has 162 valence electrons. The number of nitrogens with zero attached hydrogens (tertiary/aromatic N) is 3. The number of rotatable bonds is 7. The Kier molecular flexibility index (Phi) is 6.52. The Morgan fingerprint density at radius 1 is 1.00 bits per heavy atom. The van der Waals surface area contributed by atoms with E-state index in [0.29, 0.717) is 24.7 Å². The van der Waals surface area contributed by atoms with E-state index in [9.17, 15) is 4.79 Å². The average molecular weight is 421 g/mol. The lowest BCUT2D eigenvalue weighted by Gasteiger charge is -2.34. The highest BCUT2D eigenvalue weighted by molar-refractivity contribution is 5.78. The van der Waals surface area contributed by atoms with Crippen LogP contribution in [-0.4, -0.2) is 61.1 Å². The number of methoxy groups -OCH3 is 2. The van der Waals surface area contributed by atoms with Gasteiger partial charge in [0.2, 0.25) is 11.8 Å². The SMILES string of the molecule is COc1ccc(CN2CCN(C(=O)Cc3coc(-c4ccccc4)n3)CC2)cc1OC. The summed E-state index contributed by atoms with van der Waals surface area (Å²) in [5.41, 5.74) is 2.73. The van der Waals surface area contributed by atoms with Gasteiger partial charge in [0.15, 0.2) is 11.5 Å². The van der Waals surface area contributed by atoms with Gasteiger partial charge in [0.25, 0.3) is 0 Å². The summed E-state index contributed by atoms with van der Waals surface area (Å²) in [5, 5.41) is 0. The van der Waals surface area contributed by atoms with E-state index in [1.807, 2.05) is 53.4 Å². The number of oxazole rings is 1. The van der Waals surface area contributed by atoms with Crippen LogP contribution in [0.3, 0.4) is 0 Å². The Morgan fingerprint density at radius 2 is 1.74 bits per heavy atom. The minimum Gasteiger partial charge on any atom is -0.493 e. The Balaban J connectivity index is 1.29. The molecule has 0 atom stereocenters. The molecule has 1 aliphatic heterocycles. The third-order valence-corrected chi connectivity index (χ3v) is 5.48. The number of amides is 1. The van der Waals surface area contributed by atoms with Crippen molar-refractivity contribution >= 4 is 5.91 Å². The fraction of sp³-hybridized carbons (Fsp3) is 0.333. The van der Waals surface area contributed by atoms with Crippen LogP contribution in [0.15, 0.2) is 59.2 Å². The maximum absolute atomic E-state index is 12.7. The van der Waals surface area contributed by atoms with E-state index in [0.717, 1.165) is 42.3 Å². The number of benzene rings is 2. The van der Waals surface area contributed by atoms with Crippen molar-refractivity contribution in [3.05, 3.63) is 66.1 Å². The highest BCUT2D eigenvalue weighted by Crippen LogP contribution is 2.28. The first-order valence-electron chi connectivity index (χ1n) is 10.4. The van der Waals surface area contributed by atoms with Crippen molar-refractivity contribution in [1.29, 1.82) is 0 Å². The van der Waals surface area contributed by atoms with Crippen molar-refractivity contribution in [2.75, 3.05) is 40.4 Å². The van der Waals surface area contributed by atoms with E-state index in [4.69, 9.17) is 13.9 Å². The Bertz CT molecular complexity index is 1010. The molecule has 0 N–H and O–H groups in total. The summed E-state index contributed by atoms with van der Waals surface area (Å²) in [4.78, 5) is 21.4. The fourth-order valence-corrected chi connectivity index (χ4v) is 3.76. The van der Waals surface area contributed by atoms with Crippen molar-refractivity contribution < 1.29 is 18.7 Å². The van der Waals surface area contributed by atoms with Gasteiger partial charge in [-0.15, -0.1) is 0 Å². The van der Waals surface area contributed by atoms with Gasteiger partial charge in [0, 0.05) is 38.3 Å². The number of piperazine rings is 1. The van der Waals surface area contributed by atoms with E-state index >= 15 is 0 Å². The second kappa shape index (κ2) is 9.66. The molecule has 0 spiro atoms. The van der Waals surface area contributed by atoms with Crippen LogP contribution >= 0.6 is 0 Å². The lowest BCUT2D eigenvalue weighted by Crippen LogP contribution is -2.48. The molecule has 0 saturated carbocycles. The fourth-order valence-electron chi connectivity index (χ4n) is 3.76. The maximum atomic E-state index is 12.7. The molecule has 0 bridgehead atoms. The van der Waals surface area contributed by atoms with Crippen LogP contribution in [0.2, 0.25) is 0 Å². The van der Waals surface area contributed by atoms with Gasteiger partial charge in [0.1, 0.15) is 6.26 Å². The number of hydrogen-bond donors (Lipinski definition) is 0. The van der Waals surface area contributed by atoms with Gasteiger partial charge in [-0.2, -0.15) is 0 Å². The minimum absolute atomic E-state index is 0.0821. The number of carbonyl (C=O) groups is 1. The molecule has 1 saturated heterocycles. The average Bonchev–Trinajstić information content (AvgIpc) is 3.28. The first kappa shape index (κ1) is 20.9. The Hall–Kier alpha value is -3.32. The molecule has 1 amide bonds. The summed E-state index contributed by atoms with van der Waals surface area (Å²) < 4.78 is 16.2. The van der Waals surface area contributed by atoms with Gasteiger partial charge in [-0.3, -0.25) is 9.69 Å². The number of carbonyl (C=O) groups excluding carboxylic acids is 1. The van der Waals surface area contributed by atoms with Gasteiger partial charge >= 0.3 is 0 Å². The third kappa shape index (κ3) is 5.06. The number of aromatic nitrogens is 1. The second-order valence-electron chi connectivity index (χ2n) is 7.53. The Labute approximate surface area is 182 Å². The molecular weight excluding hydrogens is 394 g/mol. The molecule has 7 nitrogen and oxygen atoms in total. The summed E-state index contributed by atoms with van der Waals surface area (Å²) in [7, 11) is 3.28. The highest BCUT2D eigenvalue weighted by atomic mass is 16.5. The maximum Gasteiger partial charge on any atom is 0.228 e. The van der Waals surface area contributed by atoms with Crippen LogP contribution in [0.25, 0.3) is 11.5 Å². The molecule has 1 fully saturated rings. The van der Waals surface area contributed by atoms with Crippen molar-refractivity contribution in [2.24, 2.45) is 0 Å². The predicted molar refractivity (Wildman–Crippen MR) is 117 cm³/mol. The molecule has 0 aliphatic carbocycles. The molecule has 31 heavy (non-hydrogen) atoms. The van der Waals surface area contributed by atoms with Crippen LogP contribution in [0.5, 0.6) is 11.5 Å². The first-order chi connectivity index (χ1) is 15.2. The topological polar surface area (TPSA) is 68.0 Å². The van der Waals surface area contributed by atoms with E-state index in [1.165, 1.54) is 0 Å². The minimum atomic E-state index is 0.0821. The van der Waals surface area contributed by atoms with Crippen molar-refractivity contribution in [3.8, 4) is 23.0 Å². The van der Waals surface area contributed by atoms with E-state index in [1.54, 1.807) is 20.5 Å². The zero-order valence-corrected chi connectivity index (χ0v) is 17.9. The van der Waals surface area contributed by atoms with Crippen LogP contribution in [0.4, 0.5) is 0 Å². The van der Waals surface area contributed by atoms with Gasteiger partial charge in [-0.25, -0.2) is 4.98 Å². The van der Waals surface area contributed by atoms with Crippen LogP contribution in [-0.2, 0) is 17.8 Å². The summed E-state index contributed by atoms with van der Waals surface area (Å²) >= 11 is 0. The van der Waals surface area contributed by atoms with E-state index < -0.39 is 0 Å². The molecule has 0 radical (unpaired) electrons. The van der Waals surface area contributed by atoms with Gasteiger partial charge in [-0.1, -0.05) is 24.3 Å². The second-order valence-corrected chi connectivity index (χ2v) is 7.53. The molecule has 2 heterocycles. The van der Waals surface area contributed by atoms with Crippen molar-refractivity contribution in [1.82, 2.24) is 14.8 Å². The van der Waals surface area contributed by atoms with Gasteiger partial charge < -0.3 is 18.8 Å². The quantitative estimate of drug-likeness (QED) is 0.583. The Morgan fingerprint density at radius 3 is 2.45 bits per heavy atom. The van der Waals surface area contributed by atoms with E-state index in [2.05, 4.69) is 9.88 Å². The molecule has 1 aromatic heterocycles. The zero-order chi connectivity index (χ0) is 21.6. The zero-order valence-electron chi connectivity index (χ0n) is 17.9. The molecular formula is C24H27N3O4. The van der Waals surface area contributed by atoms with Crippen LogP contribution in [0, 0.1) is 0 Å². The predicted octanol–water partition coefficient (Wildman–Crippen LogP) is 3.25. The summed E-state index contributed by atoms with van der Waals surface area (Å²) in [6.45, 7) is 3.87. The van der Waals surface area contributed by atoms with Gasteiger partial charge in [-0.05, 0) is 29.8 Å². The molecule has 0 unspecified atom stereocenters. The molecule has 4 rings (SSSR count).